The zero-order valence-corrected chi connectivity index (χ0v) is 10.8. The standard InChI is InChI=1S/C11H10N4S2/c1-7-2-9-10(13-3-7)15(11(16)14-9)5-8-4-12-6-17-8/h2-4,6H,5H2,1H3,(H,14,16). The summed E-state index contributed by atoms with van der Waals surface area (Å²) in [5.41, 5.74) is 4.83. The van der Waals surface area contributed by atoms with Crippen LogP contribution in [0.3, 0.4) is 0 Å². The lowest BCUT2D eigenvalue weighted by Crippen LogP contribution is -1.99. The lowest BCUT2D eigenvalue weighted by molar-refractivity contribution is 0.811. The molecule has 0 aromatic carbocycles. The molecule has 0 amide bonds. The van der Waals surface area contributed by atoms with Crippen molar-refractivity contribution in [3.05, 3.63) is 39.2 Å². The third-order valence-electron chi connectivity index (χ3n) is 2.54. The minimum absolute atomic E-state index is 0.700. The number of aryl methyl sites for hydroxylation is 1. The Bertz CT molecular complexity index is 709. The smallest absolute Gasteiger partial charge is 0.179 e. The molecule has 0 bridgehead atoms. The van der Waals surface area contributed by atoms with Crippen molar-refractivity contribution in [3.8, 4) is 0 Å². The van der Waals surface area contributed by atoms with Crippen molar-refractivity contribution in [2.24, 2.45) is 0 Å². The van der Waals surface area contributed by atoms with Gasteiger partial charge >= 0.3 is 0 Å². The molecule has 17 heavy (non-hydrogen) atoms. The van der Waals surface area contributed by atoms with Gasteiger partial charge in [0.1, 0.15) is 0 Å². The Morgan fingerprint density at radius 3 is 3.12 bits per heavy atom. The number of aromatic amines is 1. The van der Waals surface area contributed by atoms with Crippen molar-refractivity contribution in [2.45, 2.75) is 13.5 Å². The van der Waals surface area contributed by atoms with Crippen molar-refractivity contribution >= 4 is 34.7 Å². The predicted octanol–water partition coefficient (Wildman–Crippen LogP) is 2.91. The second-order valence-electron chi connectivity index (χ2n) is 3.87. The van der Waals surface area contributed by atoms with E-state index < -0.39 is 0 Å². The number of rotatable bonds is 2. The summed E-state index contributed by atoms with van der Waals surface area (Å²) in [5.74, 6) is 0. The first-order valence-corrected chi connectivity index (χ1v) is 6.45. The van der Waals surface area contributed by atoms with Crippen LogP contribution in [0.15, 0.2) is 24.0 Å². The summed E-state index contributed by atoms with van der Waals surface area (Å²) in [4.78, 5) is 12.8. The number of nitrogens with zero attached hydrogens (tertiary/aromatic N) is 3. The normalized spacial score (nSPS) is 11.1. The van der Waals surface area contributed by atoms with Crippen LogP contribution in [0.25, 0.3) is 11.2 Å². The Labute approximate surface area is 107 Å². The molecule has 0 fully saturated rings. The van der Waals surface area contributed by atoms with Crippen LogP contribution in [0, 0.1) is 11.7 Å². The van der Waals surface area contributed by atoms with E-state index in [-0.39, 0.29) is 0 Å². The SMILES string of the molecule is Cc1cnc2c(c1)[nH]c(=S)n2Cc1cncs1. The van der Waals surface area contributed by atoms with Crippen molar-refractivity contribution in [3.63, 3.8) is 0 Å². The fraction of sp³-hybridized carbons (Fsp3) is 0.182. The van der Waals surface area contributed by atoms with Crippen LogP contribution >= 0.6 is 23.6 Å². The van der Waals surface area contributed by atoms with Gasteiger partial charge in [0.25, 0.3) is 0 Å². The summed E-state index contributed by atoms with van der Waals surface area (Å²) in [6.45, 7) is 2.74. The quantitative estimate of drug-likeness (QED) is 0.722. The Balaban J connectivity index is 2.16. The number of hydrogen-bond donors (Lipinski definition) is 1. The molecular formula is C11H10N4S2. The maximum atomic E-state index is 5.32. The predicted molar refractivity (Wildman–Crippen MR) is 70.9 cm³/mol. The Hall–Kier alpha value is -1.53. The number of pyridine rings is 1. The van der Waals surface area contributed by atoms with E-state index in [0.717, 1.165) is 23.3 Å². The van der Waals surface area contributed by atoms with Crippen LogP contribution in [0.4, 0.5) is 0 Å². The third-order valence-corrected chi connectivity index (χ3v) is 3.63. The highest BCUT2D eigenvalue weighted by Crippen LogP contribution is 2.16. The van der Waals surface area contributed by atoms with Crippen molar-refractivity contribution in [1.82, 2.24) is 19.5 Å². The van der Waals surface area contributed by atoms with Crippen LogP contribution in [0.1, 0.15) is 10.4 Å². The molecule has 0 saturated heterocycles. The summed E-state index contributed by atoms with van der Waals surface area (Å²) in [6.07, 6.45) is 3.72. The molecule has 4 nitrogen and oxygen atoms in total. The van der Waals surface area contributed by atoms with Gasteiger partial charge in [0, 0.05) is 17.3 Å². The average Bonchev–Trinajstić information content (AvgIpc) is 2.88. The second kappa shape index (κ2) is 4.05. The average molecular weight is 262 g/mol. The van der Waals surface area contributed by atoms with Gasteiger partial charge < -0.3 is 4.98 Å². The van der Waals surface area contributed by atoms with Crippen LogP contribution < -0.4 is 0 Å². The molecule has 0 atom stereocenters. The molecule has 0 aliphatic heterocycles. The Kier molecular flexibility index (Phi) is 2.53. The maximum absolute atomic E-state index is 5.32. The number of aromatic nitrogens is 4. The molecule has 0 radical (unpaired) electrons. The lowest BCUT2D eigenvalue weighted by atomic mass is 10.3. The number of H-pyrrole nitrogens is 1. The van der Waals surface area contributed by atoms with Gasteiger partial charge in [-0.2, -0.15) is 0 Å². The van der Waals surface area contributed by atoms with Crippen molar-refractivity contribution < 1.29 is 0 Å². The number of nitrogens with one attached hydrogen (secondary N) is 1. The fourth-order valence-electron chi connectivity index (χ4n) is 1.77. The first-order valence-electron chi connectivity index (χ1n) is 5.16. The van der Waals surface area contributed by atoms with Crippen LogP contribution in [-0.4, -0.2) is 19.5 Å². The highest BCUT2D eigenvalue weighted by molar-refractivity contribution is 7.71. The van der Waals surface area contributed by atoms with Gasteiger partial charge in [0.15, 0.2) is 10.4 Å². The summed E-state index contributed by atoms with van der Waals surface area (Å²) in [7, 11) is 0. The molecule has 0 saturated carbocycles. The van der Waals surface area contributed by atoms with E-state index >= 15 is 0 Å². The maximum Gasteiger partial charge on any atom is 0.179 e. The van der Waals surface area contributed by atoms with E-state index in [1.54, 1.807) is 11.3 Å². The molecule has 3 aromatic heterocycles. The van der Waals surface area contributed by atoms with Crippen LogP contribution in [-0.2, 0) is 6.54 Å². The molecule has 0 unspecified atom stereocenters. The van der Waals surface area contributed by atoms with Gasteiger partial charge in [-0.3, -0.25) is 9.55 Å². The van der Waals surface area contributed by atoms with E-state index in [4.69, 9.17) is 12.2 Å². The summed E-state index contributed by atoms with van der Waals surface area (Å²) in [6, 6.07) is 2.06. The molecule has 1 N–H and O–H groups in total. The first kappa shape index (κ1) is 10.6. The van der Waals surface area contributed by atoms with Crippen molar-refractivity contribution in [1.29, 1.82) is 0 Å². The summed E-state index contributed by atoms with van der Waals surface area (Å²) < 4.78 is 2.70. The summed E-state index contributed by atoms with van der Waals surface area (Å²) >= 11 is 6.94. The molecule has 0 aliphatic carbocycles. The minimum atomic E-state index is 0.700. The van der Waals surface area contributed by atoms with E-state index in [2.05, 4.69) is 21.0 Å². The number of imidazole rings is 1. The second-order valence-corrected chi connectivity index (χ2v) is 5.23. The molecule has 0 aliphatic rings. The highest BCUT2D eigenvalue weighted by Gasteiger charge is 2.07. The fourth-order valence-corrected chi connectivity index (χ4v) is 2.61. The Morgan fingerprint density at radius 2 is 2.35 bits per heavy atom. The molecule has 86 valence electrons. The molecule has 3 aromatic rings. The zero-order chi connectivity index (χ0) is 11.8. The molecule has 3 heterocycles. The van der Waals surface area contributed by atoms with Crippen LogP contribution in [0.5, 0.6) is 0 Å². The van der Waals surface area contributed by atoms with E-state index in [9.17, 15) is 0 Å². The molecule has 3 rings (SSSR count). The minimum Gasteiger partial charge on any atom is -0.329 e. The van der Waals surface area contributed by atoms with Gasteiger partial charge in [-0.1, -0.05) is 0 Å². The Morgan fingerprint density at radius 1 is 1.47 bits per heavy atom. The molecular weight excluding hydrogens is 252 g/mol. The number of hydrogen-bond acceptors (Lipinski definition) is 4. The van der Waals surface area contributed by atoms with E-state index in [1.807, 2.05) is 29.4 Å². The van der Waals surface area contributed by atoms with Gasteiger partial charge in [-0.25, -0.2) is 4.98 Å². The first-order chi connectivity index (χ1) is 8.24. The zero-order valence-electron chi connectivity index (χ0n) is 9.17. The summed E-state index contributed by atoms with van der Waals surface area (Å²) in [5, 5.41) is 0. The van der Waals surface area contributed by atoms with Gasteiger partial charge in [0.05, 0.1) is 17.6 Å². The highest BCUT2D eigenvalue weighted by atomic mass is 32.1. The largest absolute Gasteiger partial charge is 0.329 e. The number of thiazole rings is 1. The molecule has 0 spiro atoms. The van der Waals surface area contributed by atoms with Crippen molar-refractivity contribution in [2.75, 3.05) is 0 Å². The van der Waals surface area contributed by atoms with Crippen LogP contribution in [0.2, 0.25) is 0 Å². The number of fused-ring (bicyclic) bond motifs is 1. The van der Waals surface area contributed by atoms with Gasteiger partial charge in [0.2, 0.25) is 0 Å². The van der Waals surface area contributed by atoms with E-state index in [0.29, 0.717) is 4.77 Å². The molecule has 6 heteroatoms. The lowest BCUT2D eigenvalue weighted by Gasteiger charge is -2.00. The van der Waals surface area contributed by atoms with Gasteiger partial charge in [-0.05, 0) is 30.8 Å². The van der Waals surface area contributed by atoms with Gasteiger partial charge in [-0.15, -0.1) is 11.3 Å². The topological polar surface area (TPSA) is 46.5 Å². The third kappa shape index (κ3) is 1.89. The van der Waals surface area contributed by atoms with E-state index in [1.165, 1.54) is 4.88 Å². The monoisotopic (exact) mass is 262 g/mol.